The van der Waals surface area contributed by atoms with Gasteiger partial charge in [0.25, 0.3) is 23.6 Å². The molecule has 0 spiro atoms. The van der Waals surface area contributed by atoms with Crippen LogP contribution in [-0.4, -0.2) is 296 Å². The van der Waals surface area contributed by atoms with Gasteiger partial charge in [-0.1, -0.05) is 71.2 Å². The van der Waals surface area contributed by atoms with E-state index in [4.69, 9.17) is 51.6 Å². The van der Waals surface area contributed by atoms with Gasteiger partial charge in [0.15, 0.2) is 0 Å². The zero-order valence-corrected chi connectivity index (χ0v) is 80.2. The first kappa shape index (κ1) is 114. The molecule has 0 saturated carbocycles. The van der Waals surface area contributed by atoms with E-state index in [0.29, 0.717) is 79.4 Å². The van der Waals surface area contributed by atoms with Crippen LogP contribution in [0.3, 0.4) is 0 Å². The summed E-state index contributed by atoms with van der Waals surface area (Å²) in [5.41, 5.74) is 18.6. The molecule has 5 heterocycles. The zero-order chi connectivity index (χ0) is 95.9. The van der Waals surface area contributed by atoms with E-state index in [2.05, 4.69) is 47.9 Å². The lowest BCUT2D eigenvalue weighted by molar-refractivity contribution is -0.197. The van der Waals surface area contributed by atoms with E-state index in [1.807, 2.05) is 0 Å². The van der Waals surface area contributed by atoms with Gasteiger partial charge in [0.05, 0.1) is 31.0 Å². The second kappa shape index (κ2) is 59.0. The Labute approximate surface area is 770 Å². The highest BCUT2D eigenvalue weighted by molar-refractivity contribution is 8.93. The number of imide groups is 2. The van der Waals surface area contributed by atoms with E-state index in [1.165, 1.54) is 19.6 Å². The molecule has 0 bridgehead atoms. The third-order valence-corrected chi connectivity index (χ3v) is 23.2. The molecule has 5 aliphatic heterocycles. The van der Waals surface area contributed by atoms with Crippen LogP contribution in [0.5, 0.6) is 0 Å². The van der Waals surface area contributed by atoms with E-state index in [1.54, 1.807) is 148 Å². The van der Waals surface area contributed by atoms with Crippen molar-refractivity contribution >= 4 is 178 Å². The second-order valence-corrected chi connectivity index (χ2v) is 41.9. The lowest BCUT2D eigenvalue weighted by Gasteiger charge is -2.28. The van der Waals surface area contributed by atoms with Crippen LogP contribution in [0.2, 0.25) is 0 Å². The van der Waals surface area contributed by atoms with Crippen LogP contribution >= 0.6 is 64.8 Å². The molecule has 5 saturated heterocycles. The van der Waals surface area contributed by atoms with E-state index in [-0.39, 0.29) is 188 Å². The van der Waals surface area contributed by atoms with E-state index in [0.717, 1.165) is 19.3 Å². The molecule has 0 unspecified atom stereocenters. The number of nitrogens with zero attached hydrogens (tertiary/aromatic N) is 6. The number of carbonyl (C=O) groups is 19. The average Bonchev–Trinajstić information content (AvgIpc) is 1.75. The molecule has 0 aromatic carbocycles. The van der Waals surface area contributed by atoms with Crippen molar-refractivity contribution in [1.82, 2.24) is 77.6 Å². The number of amides is 17. The first-order valence-electron chi connectivity index (χ1n) is 42.5. The summed E-state index contributed by atoms with van der Waals surface area (Å²) in [6, 6.07) is -1.06. The fourth-order valence-corrected chi connectivity index (χ4v) is 14.4. The number of alkyl carbamates (subject to hydrolysis) is 4. The smallest absolute Gasteiger partial charge is 0.407 e. The molecule has 128 heavy (non-hydrogen) atoms. The van der Waals surface area contributed by atoms with Gasteiger partial charge in [-0.2, -0.15) is 0 Å². The van der Waals surface area contributed by atoms with Crippen molar-refractivity contribution in [2.75, 3.05) is 98.2 Å². The fourth-order valence-electron chi connectivity index (χ4n) is 11.4. The van der Waals surface area contributed by atoms with Crippen molar-refractivity contribution in [2.45, 2.75) is 279 Å². The minimum atomic E-state index is -0.983. The number of unbranched alkanes of at least 4 members (excludes halogenated alkanes) is 3. The maximum Gasteiger partial charge on any atom is 0.407 e. The monoisotopic (exact) mass is 1930 g/mol. The highest BCUT2D eigenvalue weighted by Gasteiger charge is 2.37. The van der Waals surface area contributed by atoms with Crippen molar-refractivity contribution < 1.29 is 120 Å². The Morgan fingerprint density at radius 3 is 0.828 bits per heavy atom. The first-order valence-corrected chi connectivity index (χ1v) is 49.3. The maximum atomic E-state index is 13.5. The molecule has 0 aromatic rings. The Kier molecular flexibility index (Phi) is 52.4. The number of nitrogens with two attached hydrogens (primary N) is 4. The Balaban J connectivity index is 0.000000583. The largest absolute Gasteiger partial charge is 0.444 e. The summed E-state index contributed by atoms with van der Waals surface area (Å²) in [6.07, 6.45) is 1.83. The highest BCUT2D eigenvalue weighted by atomic mass is 33.2. The summed E-state index contributed by atoms with van der Waals surface area (Å²) in [5, 5.41) is 26.0. The number of hydrogen-bond donors (Lipinski definition) is 13. The number of hydroxylamine groups is 4. The normalized spacial score (nSPS) is 15.0. The van der Waals surface area contributed by atoms with Gasteiger partial charge < -0.3 is 103 Å². The van der Waals surface area contributed by atoms with Gasteiger partial charge in [0, 0.05) is 156 Å². The van der Waals surface area contributed by atoms with E-state index < -0.39 is 131 Å². The molecule has 50 heteroatoms. The van der Waals surface area contributed by atoms with Gasteiger partial charge in [-0.05, 0) is 147 Å². The molecule has 5 aliphatic rings. The van der Waals surface area contributed by atoms with Crippen LogP contribution in [0.1, 0.15) is 224 Å². The number of carbonyl (C=O) groups excluding carboxylic acids is 19. The molecule has 17 amide bonds. The summed E-state index contributed by atoms with van der Waals surface area (Å²) >= 11 is 0. The van der Waals surface area contributed by atoms with Gasteiger partial charge in [-0.15, -0.1) is 10.1 Å². The second-order valence-electron chi connectivity index (χ2n) is 33.6. The molecule has 17 N–H and O–H groups in total. The summed E-state index contributed by atoms with van der Waals surface area (Å²) in [5.74, 6) is -8.12. The first-order chi connectivity index (χ1) is 60.0. The van der Waals surface area contributed by atoms with Crippen molar-refractivity contribution in [3.05, 3.63) is 0 Å². The van der Waals surface area contributed by atoms with Gasteiger partial charge in [0.2, 0.25) is 53.2 Å². The third-order valence-electron chi connectivity index (χ3n) is 17.8. The fraction of sp³-hybridized carbons (Fsp3) is 0.756. The number of nitrogens with one attached hydrogen (secondary N) is 9. The zero-order valence-electron chi connectivity index (χ0n) is 75.3. The molecular formula is C78H133N19O25S6. The molecule has 5 fully saturated rings. The summed E-state index contributed by atoms with van der Waals surface area (Å²) < 4.78 is 21.6. The van der Waals surface area contributed by atoms with Gasteiger partial charge >= 0.3 is 36.3 Å². The summed E-state index contributed by atoms with van der Waals surface area (Å²) in [4.78, 5) is 250. The quantitative estimate of drug-likeness (QED) is 0.0137. The molecule has 0 aromatic heterocycles. The predicted molar refractivity (Wildman–Crippen MR) is 481 cm³/mol. The number of rotatable bonds is 56. The van der Waals surface area contributed by atoms with Crippen LogP contribution in [-0.2, 0) is 101 Å². The molecule has 5 rings (SSSR count). The Bertz CT molecular complexity index is 3470. The van der Waals surface area contributed by atoms with Crippen molar-refractivity contribution in [3.63, 3.8) is 0 Å². The van der Waals surface area contributed by atoms with Gasteiger partial charge in [-0.3, -0.25) is 78.3 Å². The Morgan fingerprint density at radius 1 is 0.336 bits per heavy atom. The SMILES string of the molecule is CC(C)(C)OC(=O)NCCC(=O)N(CCC(=O)ON1C(=O)CCC1=O)CCN(CCC(=O)ON1C(=O)CCC1=O)C(=O)CCNC(=O)OC(C)(C)C.CC(C)(C)OC(=O)NCCC(=O)N(CCCN(CCC(=O)NCCCC[C@H](NC1SS1)C(N)=O)C(=O)CCNC(=O)OC(C)(C)C)CCC(=O)NCCCC[C@H](NC1SS1)C(N)=O.NCCCC[C@H](NC1SS1)C(N)=O. The Morgan fingerprint density at radius 2 is 0.586 bits per heavy atom. The van der Waals surface area contributed by atoms with Crippen molar-refractivity contribution in [2.24, 2.45) is 22.9 Å². The summed E-state index contributed by atoms with van der Waals surface area (Å²) in [7, 11) is 9.97. The predicted octanol–water partition coefficient (Wildman–Crippen LogP) is 3.17. The number of primary amides is 3. The van der Waals surface area contributed by atoms with E-state index >= 15 is 0 Å². The Hall–Kier alpha value is -8.53. The highest BCUT2D eigenvalue weighted by Crippen LogP contribution is 2.52. The average molecular weight is 1930 g/mol. The van der Waals surface area contributed by atoms with Crippen LogP contribution in [0, 0.1) is 0 Å². The topological polar surface area (TPSA) is 611 Å². The van der Waals surface area contributed by atoms with Gasteiger partial charge in [0.1, 0.15) is 36.5 Å². The van der Waals surface area contributed by atoms with Crippen LogP contribution in [0.25, 0.3) is 0 Å². The maximum absolute atomic E-state index is 13.5. The summed E-state index contributed by atoms with van der Waals surface area (Å²) in [6.45, 7) is 21.0. The number of ether oxygens (including phenoxy) is 4. The minimum Gasteiger partial charge on any atom is -0.444 e. The number of hydrogen-bond acceptors (Lipinski definition) is 35. The van der Waals surface area contributed by atoms with Crippen LogP contribution in [0.15, 0.2) is 0 Å². The molecule has 3 atom stereocenters. The molecule has 726 valence electrons. The lowest BCUT2D eigenvalue weighted by atomic mass is 10.1. The third kappa shape index (κ3) is 54.8. The molecule has 0 aliphatic carbocycles. The van der Waals surface area contributed by atoms with E-state index in [9.17, 15) is 91.1 Å². The van der Waals surface area contributed by atoms with Crippen LogP contribution in [0.4, 0.5) is 19.2 Å². The molecular weight excluding hydrogens is 1800 g/mol. The van der Waals surface area contributed by atoms with Gasteiger partial charge in [-0.25, -0.2) is 28.8 Å². The minimum absolute atomic E-state index is 0.00148. The van der Waals surface area contributed by atoms with Crippen molar-refractivity contribution in [3.8, 4) is 0 Å². The standard InChI is InChI=1S/C39H70N10O10S4.C32H48N6O14.C7H15N3OS2/c1-38(2,3)58-34(56)44-20-14-30(52)48(24-16-28(50)42-18-9-7-12-26(32(40)54)46-36-60-61-36)22-11-23-49(31(53)15-21-45-35(57)59-39(4,5)6)25-17-29(51)43-19-10-8-13-27(33(41)55)47-37-62-63-37;1-31(2,3)49-29(47)33-15-11-21(39)35(17-13-27(45)51-37-23(41)7-8-24(37)42)19-20-36(22(40)12-16-34-30(48)50-32(4,5)6)18-14-28(46)52-38-25(43)9-10-26(38)44;8-4-2-1-3-5(6(9)11)10-7-12-13-7/h26-27,36-37,46-47H,7-25H2,1-6H3,(H2,40,54)(H2,41,55)(H,42,50)(H,43,51)(H,44,56)(H,45,57);7-20H2,1-6H3,(H,33,47)(H,34,48);5,7,10H,1-4,8H2,(H2,9,11)/t26-,27-;;5-/m0.0/s1. The molecule has 44 nitrogen and oxygen atoms in total. The van der Waals surface area contributed by atoms with Crippen molar-refractivity contribution in [1.29, 1.82) is 0 Å². The lowest BCUT2D eigenvalue weighted by Crippen LogP contribution is -2.44. The molecule has 0 radical (unpaired) electrons. The van der Waals surface area contributed by atoms with Crippen LogP contribution < -0.4 is 70.8 Å².